The Kier molecular flexibility index (Phi) is 9.23. The molecule has 0 aliphatic rings. The Bertz CT molecular complexity index is 2590. The van der Waals surface area contributed by atoms with Crippen LogP contribution >= 0.6 is 0 Å². The van der Waals surface area contributed by atoms with E-state index < -0.39 is 0 Å². The van der Waals surface area contributed by atoms with Gasteiger partial charge in [0.25, 0.3) is 0 Å². The van der Waals surface area contributed by atoms with Crippen LogP contribution in [-0.2, 0) is 0 Å². The Labute approximate surface area is 332 Å². The maximum Gasteiger partial charge on any atom is 0.119 e. The number of rotatable bonds is 10. The van der Waals surface area contributed by atoms with Crippen molar-refractivity contribution in [2.45, 2.75) is 6.92 Å². The number of aryl methyl sites for hydroxylation is 1. The van der Waals surface area contributed by atoms with Crippen molar-refractivity contribution >= 4 is 77.2 Å². The van der Waals surface area contributed by atoms with E-state index in [1.165, 1.54) is 0 Å². The van der Waals surface area contributed by atoms with Gasteiger partial charge in [0.1, 0.15) is 23.0 Å². The Morgan fingerprint density at radius 1 is 0.316 bits per heavy atom. The van der Waals surface area contributed by atoms with Crippen LogP contribution in [0.3, 0.4) is 0 Å². The van der Waals surface area contributed by atoms with Crippen LogP contribution in [0.2, 0.25) is 0 Å². The van der Waals surface area contributed by atoms with Crippen LogP contribution in [0.25, 0.3) is 43.1 Å². The third kappa shape index (κ3) is 6.45. The predicted octanol–water partition coefficient (Wildman–Crippen LogP) is 13.6. The highest BCUT2D eigenvalue weighted by atomic mass is 16.5. The molecule has 0 amide bonds. The largest absolute Gasteiger partial charge is 0.497 e. The standard InChI is InChI=1S/C51H42N2O4/c1-33-26-38(52(48-14-6-10-34-28-40(54-2)18-22-44(34)48)49-15-7-11-35-29-41(55-3)19-23-45(35)49)32-39(27-33)53(50-16-8-12-36-30-42(56-4)20-24-46(36)50)51-17-9-13-37-31-43(57-5)21-25-47(37)51/h6-32H,1-5H3. The van der Waals surface area contributed by atoms with Crippen molar-refractivity contribution in [2.75, 3.05) is 38.2 Å². The Hall–Kier alpha value is -7.18. The summed E-state index contributed by atoms with van der Waals surface area (Å²) < 4.78 is 22.6. The molecule has 57 heavy (non-hydrogen) atoms. The van der Waals surface area contributed by atoms with E-state index in [0.29, 0.717) is 0 Å². The minimum atomic E-state index is 0.817. The highest BCUT2D eigenvalue weighted by molar-refractivity contribution is 6.08. The molecule has 9 aromatic carbocycles. The van der Waals surface area contributed by atoms with Crippen LogP contribution in [0.4, 0.5) is 34.1 Å². The van der Waals surface area contributed by atoms with E-state index in [1.54, 1.807) is 28.4 Å². The molecule has 6 nitrogen and oxygen atoms in total. The molecule has 0 saturated heterocycles. The molecule has 9 rings (SSSR count). The van der Waals surface area contributed by atoms with Gasteiger partial charge in [-0.25, -0.2) is 0 Å². The van der Waals surface area contributed by atoms with Crippen LogP contribution in [0.15, 0.2) is 164 Å². The third-order valence-corrected chi connectivity index (χ3v) is 10.8. The fourth-order valence-electron chi connectivity index (χ4n) is 8.08. The Morgan fingerprint density at radius 3 is 0.860 bits per heavy atom. The molecule has 0 aromatic heterocycles. The zero-order valence-corrected chi connectivity index (χ0v) is 32.6. The molecule has 0 N–H and O–H groups in total. The summed E-state index contributed by atoms with van der Waals surface area (Å²) in [5.74, 6) is 3.27. The van der Waals surface area contributed by atoms with Gasteiger partial charge in [-0.3, -0.25) is 0 Å². The zero-order chi connectivity index (χ0) is 39.0. The zero-order valence-electron chi connectivity index (χ0n) is 32.6. The molecular weight excluding hydrogens is 705 g/mol. The highest BCUT2D eigenvalue weighted by Gasteiger charge is 2.23. The normalized spacial score (nSPS) is 11.2. The molecule has 280 valence electrons. The molecule has 0 saturated carbocycles. The molecule has 0 aliphatic carbocycles. The summed E-state index contributed by atoms with van der Waals surface area (Å²) in [7, 11) is 6.84. The molecular formula is C51H42N2O4. The summed E-state index contributed by atoms with van der Waals surface area (Å²) in [6.45, 7) is 2.17. The van der Waals surface area contributed by atoms with Gasteiger partial charge in [0.2, 0.25) is 0 Å². The van der Waals surface area contributed by atoms with Gasteiger partial charge in [-0.2, -0.15) is 0 Å². The van der Waals surface area contributed by atoms with Crippen molar-refractivity contribution < 1.29 is 18.9 Å². The second-order valence-corrected chi connectivity index (χ2v) is 14.2. The van der Waals surface area contributed by atoms with E-state index in [4.69, 9.17) is 18.9 Å². The molecule has 0 radical (unpaired) electrons. The van der Waals surface area contributed by atoms with E-state index in [9.17, 15) is 0 Å². The molecule has 0 aliphatic heterocycles. The van der Waals surface area contributed by atoms with Crippen molar-refractivity contribution in [3.8, 4) is 23.0 Å². The minimum Gasteiger partial charge on any atom is -0.497 e. The summed E-state index contributed by atoms with van der Waals surface area (Å²) in [4.78, 5) is 4.78. The molecule has 0 atom stereocenters. The second-order valence-electron chi connectivity index (χ2n) is 14.2. The fraction of sp³-hybridized carbons (Fsp3) is 0.0980. The number of methoxy groups -OCH3 is 4. The highest BCUT2D eigenvalue weighted by Crippen LogP contribution is 2.48. The molecule has 0 unspecified atom stereocenters. The molecule has 0 heterocycles. The third-order valence-electron chi connectivity index (χ3n) is 10.8. The number of ether oxygens (including phenoxy) is 4. The van der Waals surface area contributed by atoms with Gasteiger partial charge in [-0.15, -0.1) is 0 Å². The van der Waals surface area contributed by atoms with Gasteiger partial charge in [-0.05, 0) is 149 Å². The first-order valence-corrected chi connectivity index (χ1v) is 19.0. The van der Waals surface area contributed by atoms with Gasteiger partial charge in [0.05, 0.1) is 51.2 Å². The van der Waals surface area contributed by atoms with Gasteiger partial charge in [0, 0.05) is 32.9 Å². The average molecular weight is 747 g/mol. The van der Waals surface area contributed by atoms with E-state index in [1.807, 2.05) is 24.3 Å². The molecule has 0 spiro atoms. The van der Waals surface area contributed by atoms with Crippen LogP contribution in [0.1, 0.15) is 5.56 Å². The topological polar surface area (TPSA) is 43.4 Å². The number of hydrogen-bond acceptors (Lipinski definition) is 6. The van der Waals surface area contributed by atoms with E-state index in [-0.39, 0.29) is 0 Å². The lowest BCUT2D eigenvalue weighted by Gasteiger charge is -2.32. The number of fused-ring (bicyclic) bond motifs is 4. The number of anilines is 6. The van der Waals surface area contributed by atoms with Crippen LogP contribution in [-0.4, -0.2) is 28.4 Å². The first-order chi connectivity index (χ1) is 28.0. The van der Waals surface area contributed by atoms with Crippen LogP contribution in [0, 0.1) is 6.92 Å². The monoisotopic (exact) mass is 746 g/mol. The lowest BCUT2D eigenvalue weighted by molar-refractivity contribution is 0.415. The van der Waals surface area contributed by atoms with E-state index in [2.05, 4.69) is 156 Å². The Morgan fingerprint density at radius 2 is 0.596 bits per heavy atom. The predicted molar refractivity (Wildman–Crippen MR) is 237 cm³/mol. The summed E-state index contributed by atoms with van der Waals surface area (Å²) in [5.41, 5.74) is 7.36. The quantitative estimate of drug-likeness (QED) is 0.139. The first kappa shape index (κ1) is 35.5. The van der Waals surface area contributed by atoms with Gasteiger partial charge in [-0.1, -0.05) is 48.5 Å². The second kappa shape index (κ2) is 14.8. The van der Waals surface area contributed by atoms with Crippen molar-refractivity contribution in [3.63, 3.8) is 0 Å². The molecule has 0 fully saturated rings. The van der Waals surface area contributed by atoms with Gasteiger partial charge < -0.3 is 28.7 Å². The molecule has 9 aromatic rings. The molecule has 0 bridgehead atoms. The summed E-state index contributed by atoms with van der Waals surface area (Å²) in [6, 6.07) is 57.8. The summed E-state index contributed by atoms with van der Waals surface area (Å²) in [5, 5.41) is 8.78. The van der Waals surface area contributed by atoms with Crippen LogP contribution in [0.5, 0.6) is 23.0 Å². The first-order valence-electron chi connectivity index (χ1n) is 19.0. The van der Waals surface area contributed by atoms with Crippen molar-refractivity contribution in [3.05, 3.63) is 169 Å². The van der Waals surface area contributed by atoms with Crippen molar-refractivity contribution in [1.29, 1.82) is 0 Å². The lowest BCUT2D eigenvalue weighted by atomic mass is 10.0. The van der Waals surface area contributed by atoms with Gasteiger partial charge >= 0.3 is 0 Å². The van der Waals surface area contributed by atoms with Crippen LogP contribution < -0.4 is 28.7 Å². The van der Waals surface area contributed by atoms with Gasteiger partial charge in [0.15, 0.2) is 0 Å². The SMILES string of the molecule is COc1ccc2c(N(c3cc(C)cc(N(c4cccc5cc(OC)ccc45)c4cccc5cc(OC)ccc45)c3)c3cccc4cc(OC)ccc34)cccc2c1. The number of nitrogens with zero attached hydrogens (tertiary/aromatic N) is 2. The van der Waals surface area contributed by atoms with Crippen molar-refractivity contribution in [1.82, 2.24) is 0 Å². The summed E-state index contributed by atoms with van der Waals surface area (Å²) >= 11 is 0. The fourth-order valence-corrected chi connectivity index (χ4v) is 8.08. The number of hydrogen-bond donors (Lipinski definition) is 0. The van der Waals surface area contributed by atoms with E-state index >= 15 is 0 Å². The lowest BCUT2D eigenvalue weighted by Crippen LogP contribution is -2.15. The minimum absolute atomic E-state index is 0.817. The maximum absolute atomic E-state index is 5.66. The van der Waals surface area contributed by atoms with E-state index in [0.717, 1.165) is 106 Å². The Balaban J connectivity index is 1.34. The smallest absolute Gasteiger partial charge is 0.119 e. The van der Waals surface area contributed by atoms with Crippen molar-refractivity contribution in [2.24, 2.45) is 0 Å². The maximum atomic E-state index is 5.66. The average Bonchev–Trinajstić information content (AvgIpc) is 3.25. The molecule has 6 heteroatoms. The summed E-state index contributed by atoms with van der Waals surface area (Å²) in [6.07, 6.45) is 0. The number of benzene rings is 9.